The highest BCUT2D eigenvalue weighted by molar-refractivity contribution is 6.31. The van der Waals surface area contributed by atoms with Crippen molar-refractivity contribution in [2.45, 2.75) is 53.2 Å². The summed E-state index contributed by atoms with van der Waals surface area (Å²) < 4.78 is 2.32. The third-order valence-corrected chi connectivity index (χ3v) is 3.53. The molecule has 1 aromatic heterocycles. The van der Waals surface area contributed by atoms with Gasteiger partial charge in [0.2, 0.25) is 0 Å². The smallest absolute Gasteiger partial charge is 0.0498 e. The summed E-state index contributed by atoms with van der Waals surface area (Å²) in [5.74, 6) is 0.619. The van der Waals surface area contributed by atoms with Gasteiger partial charge in [0.25, 0.3) is 0 Å². The number of rotatable bonds is 4. The third-order valence-electron chi connectivity index (χ3n) is 3.30. The summed E-state index contributed by atoms with van der Waals surface area (Å²) in [5, 5.41) is 5.67. The Morgan fingerprint density at radius 1 is 1.25 bits per heavy atom. The van der Waals surface area contributed by atoms with Gasteiger partial charge in [0.15, 0.2) is 0 Å². The fourth-order valence-corrected chi connectivity index (χ4v) is 2.55. The number of aromatic nitrogens is 1. The van der Waals surface area contributed by atoms with Gasteiger partial charge in [0.1, 0.15) is 0 Å². The highest BCUT2D eigenvalue weighted by Gasteiger charge is 2.13. The molecule has 1 N–H and O–H groups in total. The molecule has 1 heterocycles. The standard InChI is InChI=1S/C17H25ClN2/c1-12(2)10-20-11-13(9-19-17(3,4)5)15-7-6-14(18)8-16(15)20/h6-8,11-12,19H,9-10H2,1-5H3. The molecule has 0 aliphatic rings. The second kappa shape index (κ2) is 5.79. The van der Waals surface area contributed by atoms with Crippen molar-refractivity contribution in [3.05, 3.63) is 35.0 Å². The molecule has 0 saturated heterocycles. The van der Waals surface area contributed by atoms with Crippen LogP contribution in [0, 0.1) is 5.92 Å². The van der Waals surface area contributed by atoms with E-state index in [1.54, 1.807) is 0 Å². The monoisotopic (exact) mass is 292 g/mol. The van der Waals surface area contributed by atoms with E-state index in [1.807, 2.05) is 6.07 Å². The van der Waals surface area contributed by atoms with Gasteiger partial charge in [0, 0.05) is 40.8 Å². The van der Waals surface area contributed by atoms with Crippen LogP contribution in [0.25, 0.3) is 10.9 Å². The van der Waals surface area contributed by atoms with Crippen molar-refractivity contribution in [3.8, 4) is 0 Å². The number of benzene rings is 1. The summed E-state index contributed by atoms with van der Waals surface area (Å²) in [6, 6.07) is 6.18. The van der Waals surface area contributed by atoms with Crippen LogP contribution < -0.4 is 5.32 Å². The van der Waals surface area contributed by atoms with Crippen LogP contribution in [0.2, 0.25) is 5.02 Å². The van der Waals surface area contributed by atoms with Gasteiger partial charge in [-0.3, -0.25) is 0 Å². The predicted octanol–water partition coefficient (Wildman–Crippen LogP) is 4.84. The number of halogens is 1. The summed E-state index contributed by atoms with van der Waals surface area (Å²) in [5.41, 5.74) is 2.70. The molecule has 20 heavy (non-hydrogen) atoms. The van der Waals surface area contributed by atoms with Crippen LogP contribution in [0.1, 0.15) is 40.2 Å². The Bertz CT molecular complexity index is 591. The van der Waals surface area contributed by atoms with Crippen LogP contribution >= 0.6 is 11.6 Å². The molecule has 0 amide bonds. The van der Waals surface area contributed by atoms with E-state index in [1.165, 1.54) is 16.5 Å². The Balaban J connectivity index is 2.39. The number of nitrogens with one attached hydrogen (secondary N) is 1. The molecule has 0 aliphatic carbocycles. The minimum Gasteiger partial charge on any atom is -0.347 e. The van der Waals surface area contributed by atoms with Crippen LogP contribution in [0.5, 0.6) is 0 Å². The van der Waals surface area contributed by atoms with E-state index >= 15 is 0 Å². The molecule has 2 aromatic rings. The number of hydrogen-bond acceptors (Lipinski definition) is 1. The van der Waals surface area contributed by atoms with E-state index in [-0.39, 0.29) is 5.54 Å². The summed E-state index contributed by atoms with van der Waals surface area (Å²) in [6.45, 7) is 13.0. The van der Waals surface area contributed by atoms with E-state index in [9.17, 15) is 0 Å². The lowest BCUT2D eigenvalue weighted by Gasteiger charge is -2.20. The molecule has 0 atom stereocenters. The minimum atomic E-state index is 0.124. The van der Waals surface area contributed by atoms with Crippen LogP contribution in [0.4, 0.5) is 0 Å². The van der Waals surface area contributed by atoms with Gasteiger partial charge >= 0.3 is 0 Å². The Labute approximate surface area is 127 Å². The number of fused-ring (bicyclic) bond motifs is 1. The van der Waals surface area contributed by atoms with Crippen LogP contribution in [-0.2, 0) is 13.1 Å². The number of hydrogen-bond donors (Lipinski definition) is 1. The molecule has 0 unspecified atom stereocenters. The van der Waals surface area contributed by atoms with Crippen molar-refractivity contribution in [3.63, 3.8) is 0 Å². The van der Waals surface area contributed by atoms with E-state index in [0.29, 0.717) is 5.92 Å². The molecule has 1 aromatic carbocycles. The number of nitrogens with zero attached hydrogens (tertiary/aromatic N) is 1. The first-order chi connectivity index (χ1) is 9.26. The van der Waals surface area contributed by atoms with Crippen molar-refractivity contribution in [2.24, 2.45) is 5.92 Å². The van der Waals surface area contributed by atoms with E-state index < -0.39 is 0 Å². The molecule has 0 aliphatic heterocycles. The average Bonchev–Trinajstić information content (AvgIpc) is 2.63. The molecule has 0 radical (unpaired) electrons. The van der Waals surface area contributed by atoms with Crippen LogP contribution in [-0.4, -0.2) is 10.1 Å². The SMILES string of the molecule is CC(C)Cn1cc(CNC(C)(C)C)c2ccc(Cl)cc21. The fourth-order valence-electron chi connectivity index (χ4n) is 2.39. The maximum absolute atomic E-state index is 6.16. The van der Waals surface area contributed by atoms with Crippen molar-refractivity contribution in [2.75, 3.05) is 0 Å². The zero-order chi connectivity index (χ0) is 14.9. The van der Waals surface area contributed by atoms with E-state index in [2.05, 4.69) is 62.8 Å². The van der Waals surface area contributed by atoms with Crippen molar-refractivity contribution >= 4 is 22.5 Å². The summed E-state index contributed by atoms with van der Waals surface area (Å²) >= 11 is 6.16. The average molecular weight is 293 g/mol. The van der Waals surface area contributed by atoms with Crippen LogP contribution in [0.15, 0.2) is 24.4 Å². The zero-order valence-corrected chi connectivity index (χ0v) is 13.9. The van der Waals surface area contributed by atoms with Gasteiger partial charge in [-0.25, -0.2) is 0 Å². The normalized spacial score (nSPS) is 12.6. The van der Waals surface area contributed by atoms with E-state index in [4.69, 9.17) is 11.6 Å². The van der Waals surface area contributed by atoms with Crippen LogP contribution in [0.3, 0.4) is 0 Å². The zero-order valence-electron chi connectivity index (χ0n) is 13.1. The van der Waals surface area contributed by atoms with Gasteiger partial charge < -0.3 is 9.88 Å². The second-order valence-electron chi connectivity index (χ2n) is 6.97. The molecule has 2 nitrogen and oxygen atoms in total. The lowest BCUT2D eigenvalue weighted by molar-refractivity contribution is 0.424. The Morgan fingerprint density at radius 2 is 1.95 bits per heavy atom. The molecular weight excluding hydrogens is 268 g/mol. The maximum Gasteiger partial charge on any atom is 0.0498 e. The van der Waals surface area contributed by atoms with Crippen molar-refractivity contribution < 1.29 is 0 Å². The molecule has 0 bridgehead atoms. The Hall–Kier alpha value is -0.990. The lowest BCUT2D eigenvalue weighted by Crippen LogP contribution is -2.34. The fraction of sp³-hybridized carbons (Fsp3) is 0.529. The summed E-state index contributed by atoms with van der Waals surface area (Å²) in [6.07, 6.45) is 2.26. The van der Waals surface area contributed by atoms with Crippen molar-refractivity contribution in [1.82, 2.24) is 9.88 Å². The maximum atomic E-state index is 6.16. The van der Waals surface area contributed by atoms with Gasteiger partial charge in [-0.15, -0.1) is 0 Å². The lowest BCUT2D eigenvalue weighted by atomic mass is 10.1. The van der Waals surface area contributed by atoms with Crippen molar-refractivity contribution in [1.29, 1.82) is 0 Å². The molecule has 0 fully saturated rings. The first-order valence-electron chi connectivity index (χ1n) is 7.28. The van der Waals surface area contributed by atoms with Gasteiger partial charge in [-0.05, 0) is 44.4 Å². The summed E-state index contributed by atoms with van der Waals surface area (Å²) in [7, 11) is 0. The molecule has 110 valence electrons. The van der Waals surface area contributed by atoms with Gasteiger partial charge in [0.05, 0.1) is 0 Å². The highest BCUT2D eigenvalue weighted by atomic mass is 35.5. The first kappa shape index (κ1) is 15.4. The molecule has 2 rings (SSSR count). The summed E-state index contributed by atoms with van der Waals surface area (Å²) in [4.78, 5) is 0. The van der Waals surface area contributed by atoms with Gasteiger partial charge in [-0.1, -0.05) is 31.5 Å². The second-order valence-corrected chi connectivity index (χ2v) is 7.40. The predicted molar refractivity (Wildman–Crippen MR) is 88.4 cm³/mol. The molecule has 3 heteroatoms. The Morgan fingerprint density at radius 3 is 2.55 bits per heavy atom. The third kappa shape index (κ3) is 3.77. The molecule has 0 spiro atoms. The van der Waals surface area contributed by atoms with Gasteiger partial charge in [-0.2, -0.15) is 0 Å². The molecule has 0 saturated carbocycles. The largest absolute Gasteiger partial charge is 0.347 e. The first-order valence-corrected chi connectivity index (χ1v) is 7.66. The molecular formula is C17H25ClN2. The Kier molecular flexibility index (Phi) is 4.46. The van der Waals surface area contributed by atoms with E-state index in [0.717, 1.165) is 18.1 Å². The topological polar surface area (TPSA) is 17.0 Å². The highest BCUT2D eigenvalue weighted by Crippen LogP contribution is 2.26. The quantitative estimate of drug-likeness (QED) is 0.853. The minimum absolute atomic E-state index is 0.124.